The standard InChI is InChI=1S/C20H18N2O6/c1-12-21(15-8-4-13(5-9-15)19(25)27-2)17(23)18(24)22(12)16-10-6-14(7-11-16)20(26)28-3/h4-12H,1-3H3. The molecule has 0 aromatic heterocycles. The number of benzene rings is 2. The number of ether oxygens (including phenoxy) is 2. The summed E-state index contributed by atoms with van der Waals surface area (Å²) in [6, 6.07) is 12.4. The van der Waals surface area contributed by atoms with E-state index in [0.29, 0.717) is 22.5 Å². The van der Waals surface area contributed by atoms with E-state index in [1.807, 2.05) is 0 Å². The van der Waals surface area contributed by atoms with Crippen molar-refractivity contribution in [2.75, 3.05) is 24.0 Å². The Morgan fingerprint density at radius 1 is 0.714 bits per heavy atom. The van der Waals surface area contributed by atoms with Crippen LogP contribution in [0.5, 0.6) is 0 Å². The number of anilines is 2. The fourth-order valence-electron chi connectivity index (χ4n) is 3.08. The molecule has 0 N–H and O–H groups in total. The lowest BCUT2D eigenvalue weighted by atomic mass is 10.2. The molecule has 0 atom stereocenters. The normalized spacial score (nSPS) is 14.4. The zero-order valence-electron chi connectivity index (χ0n) is 15.5. The average Bonchev–Trinajstić information content (AvgIpc) is 2.95. The van der Waals surface area contributed by atoms with Crippen molar-refractivity contribution in [3.8, 4) is 0 Å². The quantitative estimate of drug-likeness (QED) is 0.593. The Labute approximate surface area is 161 Å². The highest BCUT2D eigenvalue weighted by atomic mass is 16.5. The van der Waals surface area contributed by atoms with Crippen LogP contribution < -0.4 is 9.80 Å². The number of carbonyl (C=O) groups excluding carboxylic acids is 4. The predicted molar refractivity (Wildman–Crippen MR) is 100.0 cm³/mol. The van der Waals surface area contributed by atoms with Gasteiger partial charge in [-0.15, -0.1) is 0 Å². The molecule has 0 radical (unpaired) electrons. The van der Waals surface area contributed by atoms with Gasteiger partial charge in [0.2, 0.25) is 0 Å². The Balaban J connectivity index is 1.89. The molecule has 0 saturated carbocycles. The topological polar surface area (TPSA) is 93.2 Å². The summed E-state index contributed by atoms with van der Waals surface area (Å²) in [5.74, 6) is -2.35. The Kier molecular flexibility index (Phi) is 5.12. The van der Waals surface area contributed by atoms with E-state index in [0.717, 1.165) is 0 Å². The van der Waals surface area contributed by atoms with Crippen LogP contribution in [0.2, 0.25) is 0 Å². The third kappa shape index (κ3) is 3.20. The highest BCUT2D eigenvalue weighted by Crippen LogP contribution is 2.30. The van der Waals surface area contributed by atoms with Crippen LogP contribution in [0, 0.1) is 0 Å². The van der Waals surface area contributed by atoms with Gasteiger partial charge in [-0.05, 0) is 55.5 Å². The van der Waals surface area contributed by atoms with Crippen molar-refractivity contribution in [3.05, 3.63) is 59.7 Å². The van der Waals surface area contributed by atoms with Crippen molar-refractivity contribution >= 4 is 35.1 Å². The minimum Gasteiger partial charge on any atom is -0.465 e. The summed E-state index contributed by atoms with van der Waals surface area (Å²) in [4.78, 5) is 50.9. The van der Waals surface area contributed by atoms with E-state index in [1.165, 1.54) is 48.3 Å². The van der Waals surface area contributed by atoms with Gasteiger partial charge in [-0.2, -0.15) is 0 Å². The first-order valence-corrected chi connectivity index (χ1v) is 8.42. The number of methoxy groups -OCH3 is 2. The highest BCUT2D eigenvalue weighted by Gasteiger charge is 2.44. The zero-order chi connectivity index (χ0) is 20.4. The van der Waals surface area contributed by atoms with Crippen LogP contribution >= 0.6 is 0 Å². The van der Waals surface area contributed by atoms with Gasteiger partial charge in [-0.3, -0.25) is 19.4 Å². The van der Waals surface area contributed by atoms with Crippen LogP contribution in [0.3, 0.4) is 0 Å². The number of carbonyl (C=O) groups is 4. The fourth-order valence-corrected chi connectivity index (χ4v) is 3.08. The molecule has 2 amide bonds. The van der Waals surface area contributed by atoms with E-state index in [4.69, 9.17) is 0 Å². The van der Waals surface area contributed by atoms with Crippen LogP contribution in [0.25, 0.3) is 0 Å². The summed E-state index contributed by atoms with van der Waals surface area (Å²) in [5, 5.41) is 0. The SMILES string of the molecule is COC(=O)c1ccc(N2C(=O)C(=O)N(c3ccc(C(=O)OC)cc3)C2C)cc1. The molecule has 8 heteroatoms. The molecule has 28 heavy (non-hydrogen) atoms. The van der Waals surface area contributed by atoms with E-state index in [9.17, 15) is 19.2 Å². The lowest BCUT2D eigenvalue weighted by Crippen LogP contribution is -2.37. The maximum atomic E-state index is 12.6. The summed E-state index contributed by atoms with van der Waals surface area (Å²) in [6.45, 7) is 1.71. The van der Waals surface area contributed by atoms with Crippen molar-refractivity contribution < 1.29 is 28.7 Å². The van der Waals surface area contributed by atoms with Crippen LogP contribution in [-0.2, 0) is 19.1 Å². The van der Waals surface area contributed by atoms with Crippen molar-refractivity contribution in [2.24, 2.45) is 0 Å². The van der Waals surface area contributed by atoms with Crippen LogP contribution in [-0.4, -0.2) is 44.1 Å². The van der Waals surface area contributed by atoms with E-state index < -0.39 is 29.9 Å². The molecule has 1 fully saturated rings. The average molecular weight is 382 g/mol. The largest absolute Gasteiger partial charge is 0.465 e. The van der Waals surface area contributed by atoms with Gasteiger partial charge >= 0.3 is 23.8 Å². The van der Waals surface area contributed by atoms with Crippen molar-refractivity contribution in [2.45, 2.75) is 13.1 Å². The maximum absolute atomic E-state index is 12.6. The minimum absolute atomic E-state index is 0.340. The van der Waals surface area contributed by atoms with Gasteiger partial charge in [-0.25, -0.2) is 9.59 Å². The molecule has 8 nitrogen and oxygen atoms in total. The van der Waals surface area contributed by atoms with Crippen LogP contribution in [0.4, 0.5) is 11.4 Å². The van der Waals surface area contributed by atoms with Crippen molar-refractivity contribution in [1.29, 1.82) is 0 Å². The van der Waals surface area contributed by atoms with E-state index in [-0.39, 0.29) is 0 Å². The van der Waals surface area contributed by atoms with E-state index in [2.05, 4.69) is 9.47 Å². The first kappa shape index (κ1) is 19.1. The summed E-state index contributed by atoms with van der Waals surface area (Å²) in [5.41, 5.74) is 1.64. The molecule has 0 unspecified atom stereocenters. The third-order valence-corrected chi connectivity index (χ3v) is 4.50. The molecule has 1 saturated heterocycles. The monoisotopic (exact) mass is 382 g/mol. The summed E-state index contributed by atoms with van der Waals surface area (Å²) >= 11 is 0. The van der Waals surface area contributed by atoms with Gasteiger partial charge in [0.05, 0.1) is 25.3 Å². The van der Waals surface area contributed by atoms with Gasteiger partial charge < -0.3 is 9.47 Å². The number of amides is 2. The second-order valence-electron chi connectivity index (χ2n) is 6.06. The first-order valence-electron chi connectivity index (χ1n) is 8.42. The molecule has 3 rings (SSSR count). The molecule has 2 aromatic rings. The molecule has 0 aliphatic carbocycles. The first-order chi connectivity index (χ1) is 13.4. The highest BCUT2D eigenvalue weighted by molar-refractivity contribution is 6.48. The summed E-state index contributed by atoms with van der Waals surface area (Å²) < 4.78 is 9.31. The van der Waals surface area contributed by atoms with E-state index >= 15 is 0 Å². The van der Waals surface area contributed by atoms with Gasteiger partial charge in [0.1, 0.15) is 6.17 Å². The molecule has 1 aliphatic rings. The number of hydrogen-bond donors (Lipinski definition) is 0. The Morgan fingerprint density at radius 2 is 1.04 bits per heavy atom. The Bertz CT molecular complexity index is 859. The minimum atomic E-state index is -0.685. The predicted octanol–water partition coefficient (Wildman–Crippen LogP) is 1.99. The summed E-state index contributed by atoms with van der Waals surface area (Å²) in [7, 11) is 2.56. The lowest BCUT2D eigenvalue weighted by molar-refractivity contribution is -0.133. The molecular formula is C20H18N2O6. The lowest BCUT2D eigenvalue weighted by Gasteiger charge is -2.26. The molecule has 144 valence electrons. The Morgan fingerprint density at radius 3 is 1.32 bits per heavy atom. The van der Waals surface area contributed by atoms with Crippen molar-refractivity contribution in [1.82, 2.24) is 0 Å². The van der Waals surface area contributed by atoms with Crippen molar-refractivity contribution in [3.63, 3.8) is 0 Å². The van der Waals surface area contributed by atoms with Gasteiger partial charge in [-0.1, -0.05) is 0 Å². The number of rotatable bonds is 4. The van der Waals surface area contributed by atoms with Gasteiger partial charge in [0.15, 0.2) is 0 Å². The number of esters is 2. The van der Waals surface area contributed by atoms with Gasteiger partial charge in [0.25, 0.3) is 0 Å². The third-order valence-electron chi connectivity index (χ3n) is 4.50. The number of hydrogen-bond acceptors (Lipinski definition) is 6. The zero-order valence-corrected chi connectivity index (χ0v) is 15.5. The number of nitrogens with zero attached hydrogens (tertiary/aromatic N) is 2. The second kappa shape index (κ2) is 7.51. The molecular weight excluding hydrogens is 364 g/mol. The van der Waals surface area contributed by atoms with Gasteiger partial charge in [0, 0.05) is 11.4 Å². The fraction of sp³-hybridized carbons (Fsp3) is 0.200. The Hall–Kier alpha value is -3.68. The van der Waals surface area contributed by atoms with Crippen LogP contribution in [0.15, 0.2) is 48.5 Å². The molecule has 1 aliphatic heterocycles. The summed E-state index contributed by atoms with van der Waals surface area (Å²) in [6.07, 6.45) is -0.590. The molecule has 0 spiro atoms. The molecule has 1 heterocycles. The molecule has 2 aromatic carbocycles. The smallest absolute Gasteiger partial charge is 0.337 e. The van der Waals surface area contributed by atoms with E-state index in [1.54, 1.807) is 31.2 Å². The molecule has 0 bridgehead atoms. The maximum Gasteiger partial charge on any atom is 0.337 e. The second-order valence-corrected chi connectivity index (χ2v) is 6.06. The van der Waals surface area contributed by atoms with Crippen LogP contribution in [0.1, 0.15) is 27.6 Å².